The van der Waals surface area contributed by atoms with Gasteiger partial charge in [0, 0.05) is 0 Å². The average Bonchev–Trinajstić information content (AvgIpc) is 2.87. The Kier molecular flexibility index (Phi) is 3.94. The van der Waals surface area contributed by atoms with E-state index in [1.165, 1.54) is 0 Å². The van der Waals surface area contributed by atoms with Gasteiger partial charge in [-0.05, 0) is 31.5 Å². The lowest BCUT2D eigenvalue weighted by molar-refractivity contribution is 0.0737. The summed E-state index contributed by atoms with van der Waals surface area (Å²) < 4.78 is 12.1. The molecule has 0 saturated heterocycles. The minimum absolute atomic E-state index is 0.540. The van der Waals surface area contributed by atoms with Gasteiger partial charge >= 0.3 is 0 Å². The number of benzene rings is 1. The average molecular weight is 277 g/mol. The minimum atomic E-state index is -0.990. The molecule has 0 fully saturated rings. The highest BCUT2D eigenvalue weighted by Crippen LogP contribution is 2.27. The maximum Gasteiger partial charge on any atom is 0.161 e. The fourth-order valence-electron chi connectivity index (χ4n) is 1.82. The molecule has 0 saturated carbocycles. The Morgan fingerprint density at radius 1 is 1.20 bits per heavy atom. The lowest BCUT2D eigenvalue weighted by Gasteiger charge is -2.12. The highest BCUT2D eigenvalue weighted by Gasteiger charge is 2.20. The van der Waals surface area contributed by atoms with Crippen molar-refractivity contribution >= 4 is 0 Å². The normalized spacial score (nSPS) is 11.4. The summed E-state index contributed by atoms with van der Waals surface area (Å²) in [4.78, 5) is 0. The Hall–Kier alpha value is -2.08. The van der Waals surface area contributed by atoms with E-state index in [4.69, 9.17) is 9.47 Å². The Morgan fingerprint density at radius 3 is 2.45 bits per heavy atom. The van der Waals surface area contributed by atoms with E-state index >= 15 is 0 Å². The molecule has 20 heavy (non-hydrogen) atoms. The van der Waals surface area contributed by atoms with Crippen LogP contribution in [-0.2, 0) is 12.1 Å². The van der Waals surface area contributed by atoms with Crippen LogP contribution in [0.2, 0.25) is 0 Å². The van der Waals surface area contributed by atoms with Crippen LogP contribution in [0.3, 0.4) is 0 Å². The summed E-state index contributed by atoms with van der Waals surface area (Å²) in [7, 11) is 3.20. The molecule has 2 aromatic rings. The zero-order valence-electron chi connectivity index (χ0n) is 12.1. The smallest absolute Gasteiger partial charge is 0.161 e. The quantitative estimate of drug-likeness (QED) is 0.898. The summed E-state index contributed by atoms with van der Waals surface area (Å²) >= 11 is 0. The van der Waals surface area contributed by atoms with Gasteiger partial charge in [-0.15, -0.1) is 5.10 Å². The van der Waals surface area contributed by atoms with Crippen LogP contribution in [-0.4, -0.2) is 34.3 Å². The second-order valence-corrected chi connectivity index (χ2v) is 5.05. The number of rotatable bonds is 5. The van der Waals surface area contributed by atoms with E-state index in [2.05, 4.69) is 10.3 Å². The van der Waals surface area contributed by atoms with Crippen LogP contribution < -0.4 is 9.47 Å². The minimum Gasteiger partial charge on any atom is -0.493 e. The lowest BCUT2D eigenvalue weighted by Crippen LogP contribution is -2.15. The van der Waals surface area contributed by atoms with Crippen LogP contribution in [0.15, 0.2) is 24.4 Å². The molecule has 0 aliphatic rings. The van der Waals surface area contributed by atoms with Crippen molar-refractivity contribution in [2.24, 2.45) is 0 Å². The van der Waals surface area contributed by atoms with Gasteiger partial charge in [0.05, 0.1) is 27.0 Å². The molecule has 0 unspecified atom stereocenters. The molecule has 0 spiro atoms. The number of nitrogens with zero attached hydrogens (tertiary/aromatic N) is 3. The number of methoxy groups -OCH3 is 2. The molecule has 0 aliphatic heterocycles. The van der Waals surface area contributed by atoms with Gasteiger partial charge in [0.2, 0.25) is 0 Å². The predicted octanol–water partition coefficient (Wildman–Crippen LogP) is 1.57. The van der Waals surface area contributed by atoms with E-state index in [0.717, 1.165) is 5.56 Å². The van der Waals surface area contributed by atoms with Gasteiger partial charge in [-0.25, -0.2) is 4.68 Å². The molecule has 108 valence electrons. The van der Waals surface area contributed by atoms with E-state index in [0.29, 0.717) is 23.7 Å². The van der Waals surface area contributed by atoms with Crippen LogP contribution in [0, 0.1) is 0 Å². The monoisotopic (exact) mass is 277 g/mol. The molecule has 0 bridgehead atoms. The van der Waals surface area contributed by atoms with Crippen molar-refractivity contribution < 1.29 is 14.6 Å². The molecule has 6 heteroatoms. The first-order chi connectivity index (χ1) is 9.44. The van der Waals surface area contributed by atoms with Crippen molar-refractivity contribution in [1.29, 1.82) is 0 Å². The van der Waals surface area contributed by atoms with E-state index in [1.807, 2.05) is 18.2 Å². The Morgan fingerprint density at radius 2 is 1.90 bits per heavy atom. The number of hydrogen-bond acceptors (Lipinski definition) is 5. The van der Waals surface area contributed by atoms with Crippen LogP contribution in [0.25, 0.3) is 0 Å². The molecule has 0 amide bonds. The van der Waals surface area contributed by atoms with Gasteiger partial charge in [0.25, 0.3) is 0 Å². The van der Waals surface area contributed by atoms with Gasteiger partial charge in [0.15, 0.2) is 11.5 Å². The topological polar surface area (TPSA) is 69.4 Å². The lowest BCUT2D eigenvalue weighted by atomic mass is 10.1. The third kappa shape index (κ3) is 3.08. The highest BCUT2D eigenvalue weighted by molar-refractivity contribution is 5.42. The summed E-state index contributed by atoms with van der Waals surface area (Å²) in [6.07, 6.45) is 1.73. The zero-order chi connectivity index (χ0) is 14.8. The number of hydrogen-bond donors (Lipinski definition) is 1. The molecule has 1 aromatic heterocycles. The van der Waals surface area contributed by atoms with Crippen molar-refractivity contribution in [2.45, 2.75) is 26.0 Å². The van der Waals surface area contributed by atoms with Crippen LogP contribution in [0.5, 0.6) is 11.5 Å². The molecule has 1 N–H and O–H groups in total. The van der Waals surface area contributed by atoms with Gasteiger partial charge in [-0.1, -0.05) is 11.3 Å². The summed E-state index contributed by atoms with van der Waals surface area (Å²) in [5, 5.41) is 17.8. The second kappa shape index (κ2) is 5.50. The first kappa shape index (κ1) is 14.3. The SMILES string of the molecule is COc1ccc(Cn2cc(C(C)(C)O)nn2)cc1OC. The van der Waals surface area contributed by atoms with Crippen molar-refractivity contribution in [3.63, 3.8) is 0 Å². The van der Waals surface area contributed by atoms with Crippen LogP contribution >= 0.6 is 0 Å². The number of aliphatic hydroxyl groups is 1. The van der Waals surface area contributed by atoms with Crippen LogP contribution in [0.4, 0.5) is 0 Å². The van der Waals surface area contributed by atoms with Gasteiger partial charge < -0.3 is 14.6 Å². The predicted molar refractivity (Wildman–Crippen MR) is 73.9 cm³/mol. The molecule has 0 radical (unpaired) electrons. The number of ether oxygens (including phenoxy) is 2. The molecule has 6 nitrogen and oxygen atoms in total. The highest BCUT2D eigenvalue weighted by atomic mass is 16.5. The number of aromatic nitrogens is 3. The first-order valence-corrected chi connectivity index (χ1v) is 6.28. The van der Waals surface area contributed by atoms with Gasteiger partial charge in [-0.2, -0.15) is 0 Å². The summed E-state index contributed by atoms with van der Waals surface area (Å²) in [5.41, 5.74) is 0.559. The maximum atomic E-state index is 9.87. The molecule has 0 atom stereocenters. The van der Waals surface area contributed by atoms with E-state index in [-0.39, 0.29) is 0 Å². The van der Waals surface area contributed by atoms with E-state index < -0.39 is 5.60 Å². The Bertz CT molecular complexity index is 588. The fourth-order valence-corrected chi connectivity index (χ4v) is 1.82. The van der Waals surface area contributed by atoms with Gasteiger partial charge in [0.1, 0.15) is 11.3 Å². The third-order valence-corrected chi connectivity index (χ3v) is 2.96. The largest absolute Gasteiger partial charge is 0.493 e. The van der Waals surface area contributed by atoms with Crippen molar-refractivity contribution in [3.8, 4) is 11.5 Å². The summed E-state index contributed by atoms with van der Waals surface area (Å²) in [5.74, 6) is 1.36. The second-order valence-electron chi connectivity index (χ2n) is 5.05. The third-order valence-electron chi connectivity index (χ3n) is 2.96. The van der Waals surface area contributed by atoms with Gasteiger partial charge in [-0.3, -0.25) is 0 Å². The summed E-state index contributed by atoms with van der Waals surface area (Å²) in [6, 6.07) is 5.68. The van der Waals surface area contributed by atoms with E-state index in [9.17, 15) is 5.11 Å². The molecular weight excluding hydrogens is 258 g/mol. The van der Waals surface area contributed by atoms with Crippen molar-refractivity contribution in [1.82, 2.24) is 15.0 Å². The molecule has 0 aliphatic carbocycles. The standard InChI is InChI=1S/C14H19N3O3/c1-14(2,18)13-9-17(16-15-13)8-10-5-6-11(19-3)12(7-10)20-4/h5-7,9,18H,8H2,1-4H3. The zero-order valence-corrected chi connectivity index (χ0v) is 12.1. The van der Waals surface area contributed by atoms with Crippen LogP contribution in [0.1, 0.15) is 25.1 Å². The van der Waals surface area contributed by atoms with Crippen molar-refractivity contribution in [2.75, 3.05) is 14.2 Å². The molecular formula is C14H19N3O3. The molecule has 2 rings (SSSR count). The molecule has 1 aromatic carbocycles. The Labute approximate surface area is 117 Å². The maximum absolute atomic E-state index is 9.87. The molecule has 1 heterocycles. The fraction of sp³-hybridized carbons (Fsp3) is 0.429. The van der Waals surface area contributed by atoms with E-state index in [1.54, 1.807) is 38.9 Å². The summed E-state index contributed by atoms with van der Waals surface area (Å²) in [6.45, 7) is 3.90. The first-order valence-electron chi connectivity index (χ1n) is 6.28. The Balaban J connectivity index is 2.20. The van der Waals surface area contributed by atoms with Crippen molar-refractivity contribution in [3.05, 3.63) is 35.7 Å².